The van der Waals surface area contributed by atoms with Crippen molar-refractivity contribution < 1.29 is 17.3 Å². The maximum Gasteiger partial charge on any atom is 0.417 e. The number of nitrogens with one attached hydrogen (secondary N) is 2. The van der Waals surface area contributed by atoms with Crippen LogP contribution in [0.15, 0.2) is 36.7 Å². The zero-order valence-electron chi connectivity index (χ0n) is 11.8. The summed E-state index contributed by atoms with van der Waals surface area (Å²) in [6, 6.07) is 4.14. The van der Waals surface area contributed by atoms with E-state index in [0.717, 1.165) is 0 Å². The SMILES string of the molecule is Cc1nc(C)c(CNS(=O)(=O)c2ccc3[nH]c(=O)oc3c2)o1. The van der Waals surface area contributed by atoms with E-state index in [2.05, 4.69) is 14.7 Å². The van der Waals surface area contributed by atoms with Crippen molar-refractivity contribution in [3.63, 3.8) is 0 Å². The molecule has 0 saturated carbocycles. The lowest BCUT2D eigenvalue weighted by Gasteiger charge is -2.05. The zero-order chi connectivity index (χ0) is 15.9. The molecule has 0 aliphatic heterocycles. The first-order chi connectivity index (χ1) is 10.3. The molecule has 9 heteroatoms. The van der Waals surface area contributed by atoms with Crippen molar-refractivity contribution in [2.24, 2.45) is 0 Å². The maximum absolute atomic E-state index is 12.3. The third kappa shape index (κ3) is 2.68. The monoisotopic (exact) mass is 323 g/mol. The van der Waals surface area contributed by atoms with Crippen LogP contribution in [0, 0.1) is 13.8 Å². The van der Waals surface area contributed by atoms with Gasteiger partial charge in [0.05, 0.1) is 22.7 Å². The Morgan fingerprint density at radius 1 is 1.27 bits per heavy atom. The number of rotatable bonds is 4. The number of H-pyrrole nitrogens is 1. The van der Waals surface area contributed by atoms with Crippen molar-refractivity contribution >= 4 is 21.1 Å². The zero-order valence-corrected chi connectivity index (χ0v) is 12.7. The van der Waals surface area contributed by atoms with E-state index >= 15 is 0 Å². The molecule has 0 fully saturated rings. The van der Waals surface area contributed by atoms with Crippen LogP contribution in [0.5, 0.6) is 0 Å². The van der Waals surface area contributed by atoms with Crippen LogP contribution in [0.3, 0.4) is 0 Å². The van der Waals surface area contributed by atoms with Gasteiger partial charge in [0, 0.05) is 13.0 Å². The molecule has 2 heterocycles. The first-order valence-corrected chi connectivity index (χ1v) is 7.89. The van der Waals surface area contributed by atoms with E-state index in [-0.39, 0.29) is 17.0 Å². The van der Waals surface area contributed by atoms with Gasteiger partial charge < -0.3 is 8.83 Å². The summed E-state index contributed by atoms with van der Waals surface area (Å²) in [6.07, 6.45) is 0. The molecule has 3 aromatic rings. The largest absolute Gasteiger partial charge is 0.444 e. The molecule has 2 aromatic heterocycles. The predicted octanol–water partition coefficient (Wildman–Crippen LogP) is 1.20. The number of hydrogen-bond acceptors (Lipinski definition) is 6. The Morgan fingerprint density at radius 3 is 2.73 bits per heavy atom. The summed E-state index contributed by atoms with van der Waals surface area (Å²) >= 11 is 0. The van der Waals surface area contributed by atoms with Crippen LogP contribution < -0.4 is 10.5 Å². The highest BCUT2D eigenvalue weighted by Crippen LogP contribution is 2.17. The van der Waals surface area contributed by atoms with E-state index in [1.807, 2.05) is 0 Å². The molecule has 0 amide bonds. The standard InChI is InChI=1S/C13H13N3O5S/c1-7-12(20-8(2)15-7)6-14-22(18,19)9-3-4-10-11(5-9)21-13(17)16-10/h3-5,14H,6H2,1-2H3,(H,16,17). The molecular weight excluding hydrogens is 310 g/mol. The number of hydrogen-bond donors (Lipinski definition) is 2. The fourth-order valence-corrected chi connectivity index (χ4v) is 3.07. The first-order valence-electron chi connectivity index (χ1n) is 6.40. The normalized spacial score (nSPS) is 12.1. The quantitative estimate of drug-likeness (QED) is 0.745. The molecule has 2 N–H and O–H groups in total. The highest BCUT2D eigenvalue weighted by atomic mass is 32.2. The fraction of sp³-hybridized carbons (Fsp3) is 0.231. The second kappa shape index (κ2) is 5.11. The molecule has 0 spiro atoms. The summed E-state index contributed by atoms with van der Waals surface area (Å²) in [5.74, 6) is 0.294. The van der Waals surface area contributed by atoms with Crippen molar-refractivity contribution in [2.45, 2.75) is 25.3 Å². The van der Waals surface area contributed by atoms with Crippen molar-refractivity contribution in [2.75, 3.05) is 0 Å². The van der Waals surface area contributed by atoms with Gasteiger partial charge >= 0.3 is 5.76 Å². The van der Waals surface area contributed by atoms with Crippen LogP contribution in [0.2, 0.25) is 0 Å². The number of sulfonamides is 1. The second-order valence-electron chi connectivity index (χ2n) is 4.74. The molecular formula is C13H13N3O5S. The second-order valence-corrected chi connectivity index (χ2v) is 6.51. The molecule has 1 aromatic carbocycles. The Labute approximate surface area is 125 Å². The molecule has 8 nitrogen and oxygen atoms in total. The lowest BCUT2D eigenvalue weighted by molar-refractivity contribution is 0.466. The molecule has 0 bridgehead atoms. The Balaban J connectivity index is 1.87. The van der Waals surface area contributed by atoms with Gasteiger partial charge in [0.1, 0.15) is 5.76 Å². The number of aromatic nitrogens is 2. The van der Waals surface area contributed by atoms with Gasteiger partial charge in [0.15, 0.2) is 11.5 Å². The number of fused-ring (bicyclic) bond motifs is 1. The first kappa shape index (κ1) is 14.5. The summed E-state index contributed by atoms with van der Waals surface area (Å²) < 4.78 is 37.1. The molecule has 0 unspecified atom stereocenters. The molecule has 0 aliphatic rings. The topological polar surface area (TPSA) is 118 Å². The number of aryl methyl sites for hydroxylation is 2. The van der Waals surface area contributed by atoms with Crippen molar-refractivity contribution in [3.8, 4) is 0 Å². The molecule has 3 rings (SSSR count). The van der Waals surface area contributed by atoms with Crippen LogP contribution >= 0.6 is 0 Å². The van der Waals surface area contributed by atoms with Crippen molar-refractivity contribution in [3.05, 3.63) is 46.1 Å². The van der Waals surface area contributed by atoms with Crippen molar-refractivity contribution in [1.82, 2.24) is 14.7 Å². The smallest absolute Gasteiger partial charge is 0.417 e. The van der Waals surface area contributed by atoms with E-state index in [1.54, 1.807) is 13.8 Å². The highest BCUT2D eigenvalue weighted by Gasteiger charge is 2.17. The van der Waals surface area contributed by atoms with Gasteiger partial charge in [-0.25, -0.2) is 22.9 Å². The van der Waals surface area contributed by atoms with Gasteiger partial charge in [0.25, 0.3) is 0 Å². The van der Waals surface area contributed by atoms with E-state index in [1.165, 1.54) is 18.2 Å². The number of nitrogens with zero attached hydrogens (tertiary/aromatic N) is 1. The molecule has 0 aliphatic carbocycles. The molecule has 0 atom stereocenters. The van der Waals surface area contributed by atoms with E-state index in [9.17, 15) is 13.2 Å². The lowest BCUT2D eigenvalue weighted by atomic mass is 10.3. The predicted molar refractivity (Wildman–Crippen MR) is 76.8 cm³/mol. The summed E-state index contributed by atoms with van der Waals surface area (Å²) in [5, 5.41) is 0. The summed E-state index contributed by atoms with van der Waals surface area (Å²) in [4.78, 5) is 17.6. The molecule has 22 heavy (non-hydrogen) atoms. The average Bonchev–Trinajstić information content (AvgIpc) is 2.96. The van der Waals surface area contributed by atoms with Crippen molar-refractivity contribution in [1.29, 1.82) is 0 Å². The van der Waals surface area contributed by atoms with Crippen LogP contribution in [0.1, 0.15) is 17.3 Å². The Morgan fingerprint density at radius 2 is 2.05 bits per heavy atom. The molecule has 116 valence electrons. The summed E-state index contributed by atoms with van der Waals surface area (Å²) in [6.45, 7) is 3.41. The van der Waals surface area contributed by atoms with Gasteiger partial charge in [-0.15, -0.1) is 0 Å². The van der Waals surface area contributed by atoms with Gasteiger partial charge in [-0.3, -0.25) is 4.98 Å². The number of oxazole rings is 2. The van der Waals surface area contributed by atoms with Crippen LogP contribution in [-0.4, -0.2) is 18.4 Å². The van der Waals surface area contributed by atoms with E-state index < -0.39 is 15.8 Å². The third-order valence-corrected chi connectivity index (χ3v) is 4.52. The lowest BCUT2D eigenvalue weighted by Crippen LogP contribution is -2.23. The Hall–Kier alpha value is -2.39. The van der Waals surface area contributed by atoms with Gasteiger partial charge in [-0.05, 0) is 19.1 Å². The summed E-state index contributed by atoms with van der Waals surface area (Å²) in [7, 11) is -3.76. The van der Waals surface area contributed by atoms with Crippen LogP contribution in [0.25, 0.3) is 11.1 Å². The number of benzene rings is 1. The van der Waals surface area contributed by atoms with E-state index in [4.69, 9.17) is 8.83 Å². The number of aromatic amines is 1. The van der Waals surface area contributed by atoms with Crippen LogP contribution in [-0.2, 0) is 16.6 Å². The molecule has 0 radical (unpaired) electrons. The highest BCUT2D eigenvalue weighted by molar-refractivity contribution is 7.89. The maximum atomic E-state index is 12.3. The third-order valence-electron chi connectivity index (χ3n) is 3.13. The van der Waals surface area contributed by atoms with E-state index in [0.29, 0.717) is 22.9 Å². The minimum atomic E-state index is -3.76. The minimum Gasteiger partial charge on any atom is -0.444 e. The van der Waals surface area contributed by atoms with Gasteiger partial charge in [-0.1, -0.05) is 0 Å². The Kier molecular flexibility index (Phi) is 3.38. The van der Waals surface area contributed by atoms with Gasteiger partial charge in [-0.2, -0.15) is 0 Å². The minimum absolute atomic E-state index is 0.00311. The fourth-order valence-electron chi connectivity index (χ4n) is 2.07. The molecule has 0 saturated heterocycles. The average molecular weight is 323 g/mol. The summed E-state index contributed by atoms with van der Waals surface area (Å²) in [5.41, 5.74) is 1.25. The Bertz CT molecular complexity index is 996. The van der Waals surface area contributed by atoms with Crippen LogP contribution in [0.4, 0.5) is 0 Å². The van der Waals surface area contributed by atoms with Gasteiger partial charge in [0.2, 0.25) is 10.0 Å².